The zero-order valence-corrected chi connectivity index (χ0v) is 11.8. The van der Waals surface area contributed by atoms with Crippen LogP contribution >= 0.6 is 12.2 Å². The maximum atomic E-state index is 13.8. The van der Waals surface area contributed by atoms with Gasteiger partial charge in [0.05, 0.1) is 17.4 Å². The molecule has 0 saturated heterocycles. The van der Waals surface area contributed by atoms with Crippen LogP contribution in [0.4, 0.5) is 15.8 Å². The van der Waals surface area contributed by atoms with Crippen LogP contribution in [-0.4, -0.2) is 9.97 Å². The lowest BCUT2D eigenvalue weighted by atomic mass is 10.1. The molecule has 0 atom stereocenters. The molecule has 21 heavy (non-hydrogen) atoms. The Morgan fingerprint density at radius 3 is 2.67 bits per heavy atom. The molecule has 5 heteroatoms. The van der Waals surface area contributed by atoms with Crippen molar-refractivity contribution in [3.63, 3.8) is 0 Å². The summed E-state index contributed by atoms with van der Waals surface area (Å²) in [5.41, 5.74) is 8.00. The Kier molecular flexibility index (Phi) is 3.50. The molecule has 104 valence electrons. The molecule has 0 unspecified atom stereocenters. The van der Waals surface area contributed by atoms with Crippen LogP contribution in [0.1, 0.15) is 5.56 Å². The number of halogens is 1. The quantitative estimate of drug-likeness (QED) is 0.723. The number of hydrogen-bond acceptors (Lipinski definition) is 3. The first-order valence-electron chi connectivity index (χ1n) is 6.34. The molecule has 0 fully saturated rings. The van der Waals surface area contributed by atoms with Crippen molar-refractivity contribution in [3.8, 4) is 0 Å². The zero-order chi connectivity index (χ0) is 14.8. The molecule has 0 saturated carbocycles. The fourth-order valence-corrected chi connectivity index (χ4v) is 2.26. The standard InChI is InChI=1S/C16H12FN3S/c17-14-8-11(5-6-13(14)16(18)21)20-12-7-10-3-1-2-4-15(10)19-9-12/h1-9,20H,(H2,18,21). The predicted molar refractivity (Wildman–Crippen MR) is 87.3 cm³/mol. The summed E-state index contributed by atoms with van der Waals surface area (Å²) in [7, 11) is 0. The van der Waals surface area contributed by atoms with E-state index in [2.05, 4.69) is 10.3 Å². The third-order valence-electron chi connectivity index (χ3n) is 3.11. The molecule has 1 aromatic heterocycles. The van der Waals surface area contributed by atoms with Crippen LogP contribution in [0.15, 0.2) is 54.7 Å². The van der Waals surface area contributed by atoms with Gasteiger partial charge in [0.1, 0.15) is 10.8 Å². The van der Waals surface area contributed by atoms with Gasteiger partial charge >= 0.3 is 0 Å². The minimum absolute atomic E-state index is 0.0476. The second-order valence-corrected chi connectivity index (χ2v) is 5.04. The minimum Gasteiger partial charge on any atom is -0.389 e. The molecule has 3 rings (SSSR count). The van der Waals surface area contributed by atoms with Crippen LogP contribution in [0, 0.1) is 5.82 Å². The Bertz CT molecular complexity index is 833. The SMILES string of the molecule is NC(=S)c1ccc(Nc2cnc3ccccc3c2)cc1F. The Hall–Kier alpha value is -2.53. The van der Waals surface area contributed by atoms with Gasteiger partial charge in [-0.2, -0.15) is 0 Å². The molecule has 0 radical (unpaired) electrons. The average molecular weight is 297 g/mol. The molecular weight excluding hydrogens is 285 g/mol. The number of nitrogens with one attached hydrogen (secondary N) is 1. The van der Waals surface area contributed by atoms with Crippen LogP contribution in [0.5, 0.6) is 0 Å². The largest absolute Gasteiger partial charge is 0.389 e. The molecular formula is C16H12FN3S. The van der Waals surface area contributed by atoms with Crippen LogP contribution in [0.3, 0.4) is 0 Å². The number of fused-ring (bicyclic) bond motifs is 1. The number of hydrogen-bond donors (Lipinski definition) is 2. The summed E-state index contributed by atoms with van der Waals surface area (Å²) in [5.74, 6) is -0.443. The monoisotopic (exact) mass is 297 g/mol. The van der Waals surface area contributed by atoms with Gasteiger partial charge in [0.25, 0.3) is 0 Å². The molecule has 0 aliphatic rings. The fourth-order valence-electron chi connectivity index (χ4n) is 2.10. The van der Waals surface area contributed by atoms with Crippen molar-refractivity contribution in [2.75, 3.05) is 5.32 Å². The maximum absolute atomic E-state index is 13.8. The van der Waals surface area contributed by atoms with Crippen LogP contribution < -0.4 is 11.1 Å². The first-order valence-corrected chi connectivity index (χ1v) is 6.75. The molecule has 1 heterocycles. The van der Waals surface area contributed by atoms with Crippen molar-refractivity contribution >= 4 is 39.5 Å². The Balaban J connectivity index is 1.91. The highest BCUT2D eigenvalue weighted by Crippen LogP contribution is 2.22. The van der Waals surface area contributed by atoms with Crippen molar-refractivity contribution in [3.05, 3.63) is 66.1 Å². The van der Waals surface area contributed by atoms with E-state index in [-0.39, 0.29) is 10.6 Å². The Labute approximate surface area is 126 Å². The highest BCUT2D eigenvalue weighted by atomic mass is 32.1. The van der Waals surface area contributed by atoms with Gasteiger partial charge in [-0.25, -0.2) is 4.39 Å². The van der Waals surface area contributed by atoms with E-state index in [1.165, 1.54) is 6.07 Å². The molecule has 0 aliphatic carbocycles. The van der Waals surface area contributed by atoms with Gasteiger partial charge in [0.15, 0.2) is 0 Å². The highest BCUT2D eigenvalue weighted by Gasteiger charge is 2.06. The van der Waals surface area contributed by atoms with E-state index in [0.717, 1.165) is 16.6 Å². The van der Waals surface area contributed by atoms with Crippen molar-refractivity contribution < 1.29 is 4.39 Å². The summed E-state index contributed by atoms with van der Waals surface area (Å²) < 4.78 is 13.8. The lowest BCUT2D eigenvalue weighted by molar-refractivity contribution is 0.626. The van der Waals surface area contributed by atoms with Crippen molar-refractivity contribution in [2.45, 2.75) is 0 Å². The van der Waals surface area contributed by atoms with E-state index < -0.39 is 5.82 Å². The summed E-state index contributed by atoms with van der Waals surface area (Å²) in [5, 5.41) is 4.13. The van der Waals surface area contributed by atoms with Crippen molar-refractivity contribution in [2.24, 2.45) is 5.73 Å². The molecule has 3 N–H and O–H groups in total. The van der Waals surface area contributed by atoms with E-state index in [9.17, 15) is 4.39 Å². The smallest absolute Gasteiger partial charge is 0.135 e. The Morgan fingerprint density at radius 1 is 1.10 bits per heavy atom. The van der Waals surface area contributed by atoms with Crippen LogP contribution in [-0.2, 0) is 0 Å². The van der Waals surface area contributed by atoms with Gasteiger partial charge in [-0.15, -0.1) is 0 Å². The van der Waals surface area contributed by atoms with E-state index in [0.29, 0.717) is 5.69 Å². The van der Waals surface area contributed by atoms with Gasteiger partial charge in [0.2, 0.25) is 0 Å². The lowest BCUT2D eigenvalue weighted by Gasteiger charge is -2.09. The number of rotatable bonds is 3. The molecule has 0 amide bonds. The summed E-state index contributed by atoms with van der Waals surface area (Å²) in [6, 6.07) is 14.4. The lowest BCUT2D eigenvalue weighted by Crippen LogP contribution is -2.11. The van der Waals surface area contributed by atoms with E-state index in [1.54, 1.807) is 18.3 Å². The average Bonchev–Trinajstić information content (AvgIpc) is 2.47. The first kappa shape index (κ1) is 13.5. The third-order valence-corrected chi connectivity index (χ3v) is 3.33. The minimum atomic E-state index is -0.443. The number of para-hydroxylation sites is 1. The third kappa shape index (κ3) is 2.83. The molecule has 3 aromatic rings. The molecule has 0 spiro atoms. The van der Waals surface area contributed by atoms with Gasteiger partial charge in [-0.05, 0) is 30.3 Å². The number of nitrogens with zero attached hydrogens (tertiary/aromatic N) is 1. The van der Waals surface area contributed by atoms with Crippen molar-refractivity contribution in [1.82, 2.24) is 4.98 Å². The van der Waals surface area contributed by atoms with E-state index in [1.807, 2.05) is 30.3 Å². The number of thiocarbonyl (C=S) groups is 1. The zero-order valence-electron chi connectivity index (χ0n) is 11.0. The second-order valence-electron chi connectivity index (χ2n) is 4.60. The molecule has 2 aromatic carbocycles. The van der Waals surface area contributed by atoms with Crippen LogP contribution in [0.2, 0.25) is 0 Å². The second kappa shape index (κ2) is 5.46. The summed E-state index contributed by atoms with van der Waals surface area (Å²) >= 11 is 4.78. The number of pyridine rings is 1. The topological polar surface area (TPSA) is 50.9 Å². The van der Waals surface area contributed by atoms with Crippen molar-refractivity contribution in [1.29, 1.82) is 0 Å². The summed E-state index contributed by atoms with van der Waals surface area (Å²) in [6.45, 7) is 0. The maximum Gasteiger partial charge on any atom is 0.135 e. The first-order chi connectivity index (χ1) is 10.1. The number of nitrogens with two attached hydrogens (primary N) is 1. The van der Waals surface area contributed by atoms with E-state index >= 15 is 0 Å². The summed E-state index contributed by atoms with van der Waals surface area (Å²) in [6.07, 6.45) is 1.71. The normalized spacial score (nSPS) is 10.5. The fraction of sp³-hybridized carbons (Fsp3) is 0. The molecule has 3 nitrogen and oxygen atoms in total. The van der Waals surface area contributed by atoms with Crippen LogP contribution in [0.25, 0.3) is 10.9 Å². The van der Waals surface area contributed by atoms with E-state index in [4.69, 9.17) is 18.0 Å². The van der Waals surface area contributed by atoms with Gasteiger partial charge in [-0.3, -0.25) is 4.98 Å². The number of anilines is 2. The highest BCUT2D eigenvalue weighted by molar-refractivity contribution is 7.80. The molecule has 0 aliphatic heterocycles. The molecule has 0 bridgehead atoms. The Morgan fingerprint density at radius 2 is 1.90 bits per heavy atom. The van der Waals surface area contributed by atoms with Gasteiger partial charge in [-0.1, -0.05) is 30.4 Å². The number of benzene rings is 2. The van der Waals surface area contributed by atoms with Gasteiger partial charge < -0.3 is 11.1 Å². The van der Waals surface area contributed by atoms with Gasteiger partial charge in [0, 0.05) is 16.6 Å². The number of aromatic nitrogens is 1. The predicted octanol–water partition coefficient (Wildman–Crippen LogP) is 3.75. The summed E-state index contributed by atoms with van der Waals surface area (Å²) in [4.78, 5) is 4.40.